The molecule has 9 heteroatoms. The van der Waals surface area contributed by atoms with Crippen LogP contribution in [0.4, 0.5) is 5.69 Å². The monoisotopic (exact) mass is 419 g/mol. The molecule has 2 aromatic carbocycles. The van der Waals surface area contributed by atoms with Crippen molar-refractivity contribution in [2.75, 3.05) is 5.32 Å². The number of nitrogens with one attached hydrogen (secondary N) is 1. The molecule has 4 rings (SSSR count). The van der Waals surface area contributed by atoms with Gasteiger partial charge in [-0.05, 0) is 48.5 Å². The lowest BCUT2D eigenvalue weighted by Gasteiger charge is -2.09. The Bertz CT molecular complexity index is 1170. The van der Waals surface area contributed by atoms with E-state index in [0.717, 1.165) is 11.4 Å². The van der Waals surface area contributed by atoms with Gasteiger partial charge < -0.3 is 15.8 Å². The molecule has 30 heavy (non-hydrogen) atoms. The van der Waals surface area contributed by atoms with Crippen molar-refractivity contribution in [3.05, 3.63) is 88.6 Å². The molecule has 150 valence electrons. The van der Waals surface area contributed by atoms with Crippen LogP contribution in [0, 0.1) is 0 Å². The highest BCUT2D eigenvalue weighted by Gasteiger charge is 2.09. The highest BCUT2D eigenvalue weighted by Crippen LogP contribution is 2.18. The number of thiazole rings is 1. The van der Waals surface area contributed by atoms with Crippen LogP contribution in [-0.2, 0) is 6.61 Å². The summed E-state index contributed by atoms with van der Waals surface area (Å²) in [5, 5.41) is 8.86. The Labute approximate surface area is 175 Å². The smallest absolute Gasteiger partial charge is 0.269 e. The number of hydrogen-bond donors (Lipinski definition) is 2. The van der Waals surface area contributed by atoms with Crippen molar-refractivity contribution >= 4 is 28.8 Å². The molecule has 0 aliphatic carbocycles. The van der Waals surface area contributed by atoms with Gasteiger partial charge in [-0.2, -0.15) is 5.10 Å². The maximum absolute atomic E-state index is 12.6. The van der Waals surface area contributed by atoms with Gasteiger partial charge in [0.1, 0.15) is 18.1 Å². The van der Waals surface area contributed by atoms with Crippen molar-refractivity contribution in [1.82, 2.24) is 14.8 Å². The van der Waals surface area contributed by atoms with Crippen LogP contribution in [0.1, 0.15) is 26.5 Å². The number of amides is 2. The molecule has 0 atom stereocenters. The normalized spacial score (nSPS) is 10.5. The summed E-state index contributed by atoms with van der Waals surface area (Å²) in [4.78, 5) is 27.9. The molecule has 0 fully saturated rings. The Kier molecular flexibility index (Phi) is 5.53. The second-order valence-electron chi connectivity index (χ2n) is 6.31. The fraction of sp³-hybridized carbons (Fsp3) is 0.0476. The zero-order chi connectivity index (χ0) is 20.9. The number of carbonyl (C=O) groups excluding carboxylic acids is 2. The number of nitrogens with zero attached hydrogens (tertiary/aromatic N) is 3. The number of aromatic nitrogens is 3. The van der Waals surface area contributed by atoms with E-state index in [0.29, 0.717) is 23.6 Å². The highest BCUT2D eigenvalue weighted by molar-refractivity contribution is 7.07. The van der Waals surface area contributed by atoms with Gasteiger partial charge in [-0.25, -0.2) is 9.67 Å². The first-order chi connectivity index (χ1) is 14.6. The van der Waals surface area contributed by atoms with Gasteiger partial charge in [0.15, 0.2) is 0 Å². The predicted molar refractivity (Wildman–Crippen MR) is 113 cm³/mol. The minimum absolute atomic E-state index is 0.184. The number of hydrogen-bond acceptors (Lipinski definition) is 6. The molecule has 0 saturated carbocycles. The Balaban J connectivity index is 1.40. The minimum Gasteiger partial charge on any atom is -0.487 e. The first-order valence-electron chi connectivity index (χ1n) is 8.96. The van der Waals surface area contributed by atoms with E-state index in [1.54, 1.807) is 66.3 Å². The number of primary amides is 1. The number of rotatable bonds is 7. The van der Waals surface area contributed by atoms with E-state index in [1.807, 2.05) is 5.38 Å². The first-order valence-corrected chi connectivity index (χ1v) is 9.90. The van der Waals surface area contributed by atoms with Crippen LogP contribution in [-0.4, -0.2) is 26.6 Å². The van der Waals surface area contributed by atoms with Crippen molar-refractivity contribution in [3.63, 3.8) is 0 Å². The Morgan fingerprint density at radius 3 is 2.67 bits per heavy atom. The second kappa shape index (κ2) is 8.58. The Morgan fingerprint density at radius 2 is 1.97 bits per heavy atom. The molecule has 4 aromatic rings. The number of nitrogens with two attached hydrogens (primary N) is 1. The van der Waals surface area contributed by atoms with Crippen LogP contribution < -0.4 is 15.8 Å². The van der Waals surface area contributed by atoms with E-state index in [1.165, 1.54) is 16.0 Å². The second-order valence-corrected chi connectivity index (χ2v) is 7.03. The van der Waals surface area contributed by atoms with E-state index in [4.69, 9.17) is 10.5 Å². The van der Waals surface area contributed by atoms with Gasteiger partial charge in [0.05, 0.1) is 16.9 Å². The minimum atomic E-state index is -0.588. The number of anilines is 1. The molecule has 2 heterocycles. The molecule has 3 N–H and O–H groups in total. The largest absolute Gasteiger partial charge is 0.487 e. The lowest BCUT2D eigenvalue weighted by atomic mass is 10.2. The molecule has 2 aromatic heterocycles. The van der Waals surface area contributed by atoms with Crippen molar-refractivity contribution < 1.29 is 14.3 Å². The molecule has 0 bridgehead atoms. The summed E-state index contributed by atoms with van der Waals surface area (Å²) in [6, 6.07) is 15.6. The van der Waals surface area contributed by atoms with Gasteiger partial charge in [-0.15, -0.1) is 11.3 Å². The molecule has 0 saturated heterocycles. The zero-order valence-corrected chi connectivity index (χ0v) is 16.5. The van der Waals surface area contributed by atoms with Gasteiger partial charge in [-0.3, -0.25) is 9.59 Å². The van der Waals surface area contributed by atoms with Crippen molar-refractivity contribution in [3.8, 4) is 11.4 Å². The average Bonchev–Trinajstić information content (AvgIpc) is 3.45. The maximum Gasteiger partial charge on any atom is 0.269 e. The van der Waals surface area contributed by atoms with Gasteiger partial charge in [0, 0.05) is 22.8 Å². The third kappa shape index (κ3) is 4.53. The van der Waals surface area contributed by atoms with Gasteiger partial charge in [0.25, 0.3) is 11.8 Å². The summed E-state index contributed by atoms with van der Waals surface area (Å²) in [5.74, 6) is -0.248. The molecular formula is C21H17N5O3S. The summed E-state index contributed by atoms with van der Waals surface area (Å²) >= 11 is 1.50. The molecule has 0 aliphatic rings. The summed E-state index contributed by atoms with van der Waals surface area (Å²) in [6.07, 6.45) is 1.64. The number of benzene rings is 2. The molecule has 0 spiro atoms. The predicted octanol–water partition coefficient (Wildman–Crippen LogP) is 3.26. The summed E-state index contributed by atoms with van der Waals surface area (Å²) in [7, 11) is 0. The SMILES string of the molecule is NC(=O)c1ccn(-c2ccc(NC(=O)c3cccc(OCc4cscn4)c3)cc2)n1. The van der Waals surface area contributed by atoms with Gasteiger partial charge in [-0.1, -0.05) is 6.07 Å². The fourth-order valence-corrected chi connectivity index (χ4v) is 3.24. The van der Waals surface area contributed by atoms with E-state index >= 15 is 0 Å². The molecule has 2 amide bonds. The van der Waals surface area contributed by atoms with Crippen LogP contribution in [0.15, 0.2) is 71.7 Å². The lowest BCUT2D eigenvalue weighted by molar-refractivity contribution is 0.0993. The van der Waals surface area contributed by atoms with E-state index in [-0.39, 0.29) is 11.6 Å². The maximum atomic E-state index is 12.6. The average molecular weight is 419 g/mol. The quantitative estimate of drug-likeness (QED) is 0.477. The highest BCUT2D eigenvalue weighted by atomic mass is 32.1. The van der Waals surface area contributed by atoms with E-state index < -0.39 is 5.91 Å². The first kappa shape index (κ1) is 19.3. The molecule has 0 unspecified atom stereocenters. The van der Waals surface area contributed by atoms with Crippen LogP contribution >= 0.6 is 11.3 Å². The van der Waals surface area contributed by atoms with Gasteiger partial charge in [0.2, 0.25) is 0 Å². The number of ether oxygens (including phenoxy) is 1. The third-order valence-electron chi connectivity index (χ3n) is 4.20. The van der Waals surface area contributed by atoms with Crippen LogP contribution in [0.3, 0.4) is 0 Å². The van der Waals surface area contributed by atoms with Crippen LogP contribution in [0.25, 0.3) is 5.69 Å². The van der Waals surface area contributed by atoms with Crippen LogP contribution in [0.5, 0.6) is 5.75 Å². The summed E-state index contributed by atoms with van der Waals surface area (Å²) < 4.78 is 7.23. The van der Waals surface area contributed by atoms with E-state index in [9.17, 15) is 9.59 Å². The Hall–Kier alpha value is -3.98. The van der Waals surface area contributed by atoms with Crippen molar-refractivity contribution in [1.29, 1.82) is 0 Å². The molecule has 0 aliphatic heterocycles. The third-order valence-corrected chi connectivity index (χ3v) is 4.83. The Morgan fingerprint density at radius 1 is 1.13 bits per heavy atom. The standard InChI is InChI=1S/C21H17N5O3S/c22-20(27)19-8-9-26(25-19)17-6-4-15(5-7-17)24-21(28)14-2-1-3-18(10-14)29-11-16-12-30-13-23-16/h1-10,12-13H,11H2,(H2,22,27)(H,24,28). The molecular weight excluding hydrogens is 402 g/mol. The van der Waals surface area contributed by atoms with E-state index in [2.05, 4.69) is 15.4 Å². The summed E-state index contributed by atoms with van der Waals surface area (Å²) in [5.41, 5.74) is 9.83. The fourth-order valence-electron chi connectivity index (χ4n) is 2.69. The molecule has 0 radical (unpaired) electrons. The van der Waals surface area contributed by atoms with Crippen molar-refractivity contribution in [2.45, 2.75) is 6.61 Å². The molecule has 8 nitrogen and oxygen atoms in total. The summed E-state index contributed by atoms with van der Waals surface area (Å²) in [6.45, 7) is 0.348. The zero-order valence-electron chi connectivity index (χ0n) is 15.7. The number of carbonyl (C=O) groups is 2. The van der Waals surface area contributed by atoms with Gasteiger partial charge >= 0.3 is 0 Å². The van der Waals surface area contributed by atoms with Crippen LogP contribution in [0.2, 0.25) is 0 Å². The van der Waals surface area contributed by atoms with Crippen molar-refractivity contribution in [2.24, 2.45) is 5.73 Å². The topological polar surface area (TPSA) is 112 Å². The lowest BCUT2D eigenvalue weighted by Crippen LogP contribution is -2.12.